The fourth-order valence-corrected chi connectivity index (χ4v) is 9.76. The SMILES string of the molecule is CC1C(c2ccc(-c3ccccc3)c(-c3ccccc3)c2)=NC(c2cc3ccccc3c3ccccc23)=NC1c1cccc(-c2ccc3c(c2)oc2ccc4ccccc4c23)c1. The summed E-state index contributed by atoms with van der Waals surface area (Å²) < 4.78 is 6.52. The second-order valence-electron chi connectivity index (χ2n) is 16.5. The van der Waals surface area contributed by atoms with E-state index in [0.717, 1.165) is 66.7 Å². The van der Waals surface area contributed by atoms with Gasteiger partial charge in [-0.3, -0.25) is 4.99 Å². The topological polar surface area (TPSA) is 37.9 Å². The lowest BCUT2D eigenvalue weighted by Crippen LogP contribution is -2.26. The van der Waals surface area contributed by atoms with Gasteiger partial charge in [0.2, 0.25) is 0 Å². The van der Waals surface area contributed by atoms with Crippen molar-refractivity contribution < 1.29 is 4.42 Å². The zero-order valence-corrected chi connectivity index (χ0v) is 34.2. The van der Waals surface area contributed by atoms with Crippen LogP contribution in [0.4, 0.5) is 0 Å². The summed E-state index contributed by atoms with van der Waals surface area (Å²) >= 11 is 0. The van der Waals surface area contributed by atoms with E-state index >= 15 is 0 Å². The molecule has 3 heteroatoms. The van der Waals surface area contributed by atoms with E-state index in [2.05, 4.69) is 219 Å². The molecule has 0 bridgehead atoms. The van der Waals surface area contributed by atoms with Crippen LogP contribution in [0, 0.1) is 5.92 Å². The standard InChI is InChI=1S/C59H40N2O/c1-37-57(44-22-14-21-41(33-44)42-27-31-51-55(36-42)62-54-32-29-40-19-8-11-24-48(40)56(51)54)60-59(53-34-43-20-9-10-23-46(43)49-25-12-13-26-50(49)53)61-58(37)45-28-30-47(38-15-4-2-5-16-38)52(35-45)39-17-6-3-7-18-39/h2-37,57H,1H3. The predicted octanol–water partition coefficient (Wildman–Crippen LogP) is 15.7. The van der Waals surface area contributed by atoms with Crippen LogP contribution in [0.25, 0.3) is 87.6 Å². The zero-order chi connectivity index (χ0) is 41.1. The number of rotatable bonds is 6. The highest BCUT2D eigenvalue weighted by Crippen LogP contribution is 2.41. The zero-order valence-electron chi connectivity index (χ0n) is 34.2. The van der Waals surface area contributed by atoms with Gasteiger partial charge in [0, 0.05) is 22.3 Å². The van der Waals surface area contributed by atoms with E-state index in [0.29, 0.717) is 0 Å². The van der Waals surface area contributed by atoms with Crippen LogP contribution in [0.5, 0.6) is 0 Å². The number of nitrogens with zero attached hydrogens (tertiary/aromatic N) is 2. The van der Waals surface area contributed by atoms with Crippen LogP contribution in [0.15, 0.2) is 227 Å². The largest absolute Gasteiger partial charge is 0.456 e. The molecule has 2 atom stereocenters. The predicted molar refractivity (Wildman–Crippen MR) is 260 cm³/mol. The van der Waals surface area contributed by atoms with Crippen LogP contribution in [0.1, 0.15) is 29.7 Å². The number of furan rings is 1. The van der Waals surface area contributed by atoms with Gasteiger partial charge in [-0.2, -0.15) is 0 Å². The van der Waals surface area contributed by atoms with Crippen molar-refractivity contribution in [2.45, 2.75) is 13.0 Å². The average Bonchev–Trinajstić information content (AvgIpc) is 3.73. The van der Waals surface area contributed by atoms with E-state index in [4.69, 9.17) is 14.4 Å². The molecule has 0 saturated carbocycles. The Morgan fingerprint density at radius 1 is 0.387 bits per heavy atom. The molecule has 0 fully saturated rings. The van der Waals surface area contributed by atoms with Crippen molar-refractivity contribution in [1.82, 2.24) is 0 Å². The lowest BCUT2D eigenvalue weighted by molar-refractivity contribution is 0.592. The van der Waals surface area contributed by atoms with Crippen LogP contribution in [-0.4, -0.2) is 11.5 Å². The Bertz CT molecular complexity index is 3600. The molecule has 0 N–H and O–H groups in total. The lowest BCUT2D eigenvalue weighted by Gasteiger charge is -2.29. The molecule has 10 aromatic carbocycles. The van der Waals surface area contributed by atoms with Gasteiger partial charge in [-0.1, -0.05) is 183 Å². The minimum atomic E-state index is -0.196. The number of benzene rings is 10. The summed E-state index contributed by atoms with van der Waals surface area (Å²) in [7, 11) is 0. The lowest BCUT2D eigenvalue weighted by atomic mass is 9.83. The third-order valence-electron chi connectivity index (χ3n) is 12.8. The summed E-state index contributed by atoms with van der Waals surface area (Å²) in [5.74, 6) is 0.720. The van der Waals surface area contributed by atoms with Crippen LogP contribution < -0.4 is 0 Å². The Labute approximate surface area is 360 Å². The molecule has 0 radical (unpaired) electrons. The van der Waals surface area contributed by atoms with Gasteiger partial charge < -0.3 is 4.42 Å². The fraction of sp³-hybridized carbons (Fsp3) is 0.0508. The van der Waals surface area contributed by atoms with Crippen molar-refractivity contribution in [3.8, 4) is 33.4 Å². The summed E-state index contributed by atoms with van der Waals surface area (Å²) in [5, 5.41) is 9.45. The molecule has 0 spiro atoms. The Kier molecular flexibility index (Phi) is 8.53. The molecule has 12 rings (SSSR count). The number of amidine groups is 1. The summed E-state index contributed by atoms with van der Waals surface area (Å²) in [4.78, 5) is 11.2. The van der Waals surface area contributed by atoms with Crippen molar-refractivity contribution in [2.75, 3.05) is 0 Å². The third kappa shape index (κ3) is 6.04. The molecule has 62 heavy (non-hydrogen) atoms. The molecule has 1 aliphatic heterocycles. The smallest absolute Gasteiger partial charge is 0.156 e. The molecule has 2 unspecified atom stereocenters. The van der Waals surface area contributed by atoms with E-state index < -0.39 is 0 Å². The molecular weight excluding hydrogens is 753 g/mol. The Morgan fingerprint density at radius 2 is 1.03 bits per heavy atom. The van der Waals surface area contributed by atoms with E-state index in [1.54, 1.807) is 0 Å². The highest BCUT2D eigenvalue weighted by molar-refractivity contribution is 6.23. The van der Waals surface area contributed by atoms with Crippen LogP contribution in [0.2, 0.25) is 0 Å². The Balaban J connectivity index is 1.02. The molecule has 1 aromatic heterocycles. The Hall–Kier alpha value is -7.88. The van der Waals surface area contributed by atoms with Gasteiger partial charge in [-0.05, 0) is 113 Å². The molecule has 1 aliphatic rings. The highest BCUT2D eigenvalue weighted by Gasteiger charge is 2.31. The number of aliphatic imine (C=N–C) groups is 2. The van der Waals surface area contributed by atoms with Crippen LogP contribution in [0.3, 0.4) is 0 Å². The summed E-state index contributed by atoms with van der Waals surface area (Å²) in [6.45, 7) is 2.28. The molecule has 0 saturated heterocycles. The number of hydrogen-bond donors (Lipinski definition) is 0. The normalized spacial score (nSPS) is 15.4. The second-order valence-corrected chi connectivity index (χ2v) is 16.5. The average molecular weight is 793 g/mol. The minimum Gasteiger partial charge on any atom is -0.456 e. The van der Waals surface area contributed by atoms with Crippen molar-refractivity contribution in [2.24, 2.45) is 15.9 Å². The van der Waals surface area contributed by atoms with Gasteiger partial charge in [0.1, 0.15) is 11.2 Å². The minimum absolute atomic E-state index is 0.0296. The van der Waals surface area contributed by atoms with E-state index in [1.165, 1.54) is 49.2 Å². The van der Waals surface area contributed by atoms with E-state index in [-0.39, 0.29) is 12.0 Å². The molecule has 292 valence electrons. The third-order valence-corrected chi connectivity index (χ3v) is 12.8. The van der Waals surface area contributed by atoms with Gasteiger partial charge in [0.05, 0.1) is 11.8 Å². The molecule has 11 aromatic rings. The van der Waals surface area contributed by atoms with E-state index in [1.807, 2.05) is 0 Å². The quantitative estimate of drug-likeness (QED) is 0.155. The fourth-order valence-electron chi connectivity index (χ4n) is 9.76. The maximum atomic E-state index is 6.52. The van der Waals surface area contributed by atoms with Crippen LogP contribution >= 0.6 is 0 Å². The summed E-state index contributed by atoms with van der Waals surface area (Å²) in [5.41, 5.74) is 13.0. The maximum Gasteiger partial charge on any atom is 0.156 e. The Morgan fingerprint density at radius 3 is 1.84 bits per heavy atom. The summed E-state index contributed by atoms with van der Waals surface area (Å²) in [6.07, 6.45) is 0. The monoisotopic (exact) mass is 792 g/mol. The first kappa shape index (κ1) is 36.0. The molecule has 3 nitrogen and oxygen atoms in total. The van der Waals surface area contributed by atoms with Crippen molar-refractivity contribution in [1.29, 1.82) is 0 Å². The van der Waals surface area contributed by atoms with Gasteiger partial charge >= 0.3 is 0 Å². The first-order chi connectivity index (χ1) is 30.6. The summed E-state index contributed by atoms with van der Waals surface area (Å²) in [6, 6.07) is 75.9. The highest BCUT2D eigenvalue weighted by atomic mass is 16.3. The number of hydrogen-bond acceptors (Lipinski definition) is 3. The van der Waals surface area contributed by atoms with Gasteiger partial charge in [-0.25, -0.2) is 4.99 Å². The van der Waals surface area contributed by atoms with Gasteiger partial charge in [0.25, 0.3) is 0 Å². The van der Waals surface area contributed by atoms with Crippen molar-refractivity contribution in [3.63, 3.8) is 0 Å². The number of fused-ring (bicyclic) bond motifs is 8. The van der Waals surface area contributed by atoms with Crippen molar-refractivity contribution >= 4 is 65.8 Å². The van der Waals surface area contributed by atoms with Gasteiger partial charge in [0.15, 0.2) is 5.84 Å². The first-order valence-corrected chi connectivity index (χ1v) is 21.4. The first-order valence-electron chi connectivity index (χ1n) is 21.4. The molecular formula is C59H40N2O. The molecule has 2 heterocycles. The van der Waals surface area contributed by atoms with Crippen LogP contribution in [-0.2, 0) is 0 Å². The van der Waals surface area contributed by atoms with Crippen molar-refractivity contribution in [3.05, 3.63) is 229 Å². The molecule has 0 aliphatic carbocycles. The second kappa shape index (κ2) is 14.7. The maximum absolute atomic E-state index is 6.52. The molecule has 0 amide bonds. The van der Waals surface area contributed by atoms with Gasteiger partial charge in [-0.15, -0.1) is 0 Å². The van der Waals surface area contributed by atoms with E-state index in [9.17, 15) is 0 Å².